The number of nitrogens with zero attached hydrogens (tertiary/aromatic N) is 1. The van der Waals surface area contributed by atoms with Crippen molar-refractivity contribution in [3.05, 3.63) is 44.0 Å². The summed E-state index contributed by atoms with van der Waals surface area (Å²) in [5.74, 6) is -0.534. The summed E-state index contributed by atoms with van der Waals surface area (Å²) in [5, 5.41) is 3.08. The minimum Gasteiger partial charge on any atom is -0.300 e. The molecule has 0 spiro atoms. The molecule has 0 aliphatic rings. The Kier molecular flexibility index (Phi) is 3.02. The molecule has 0 bridgehead atoms. The molecule has 0 radical (unpaired) electrons. The zero-order valence-corrected chi connectivity index (χ0v) is 10.7. The maximum absolute atomic E-state index is 13.1. The molecular weight excluding hydrogens is 266 g/mol. The monoisotopic (exact) mass is 274 g/mol. The predicted octanol–water partition coefficient (Wildman–Crippen LogP) is 3.13. The minimum atomic E-state index is -0.534. The van der Waals surface area contributed by atoms with E-state index in [1.807, 2.05) is 0 Å². The van der Waals surface area contributed by atoms with Crippen LogP contribution < -0.4 is 5.56 Å². The van der Waals surface area contributed by atoms with Gasteiger partial charge in [-0.15, -0.1) is 0 Å². The molecule has 0 atom stereocenters. The van der Waals surface area contributed by atoms with E-state index in [9.17, 15) is 9.18 Å². The molecule has 90 valence electrons. The molecule has 3 nitrogen and oxygen atoms in total. The number of hydrogen-bond acceptors (Lipinski definition) is 1. The molecular formula is C11H9Cl2FN2O. The van der Waals surface area contributed by atoms with Crippen LogP contribution in [0.3, 0.4) is 0 Å². The van der Waals surface area contributed by atoms with Gasteiger partial charge in [-0.25, -0.2) is 4.39 Å². The zero-order chi connectivity index (χ0) is 12.7. The van der Waals surface area contributed by atoms with Gasteiger partial charge in [0.1, 0.15) is 5.82 Å². The molecule has 2 aromatic rings. The molecule has 1 heterocycles. The fourth-order valence-electron chi connectivity index (χ4n) is 1.76. The fourth-order valence-corrected chi connectivity index (χ4v) is 2.41. The first-order chi connectivity index (χ1) is 7.91. The van der Waals surface area contributed by atoms with Crippen LogP contribution >= 0.6 is 23.2 Å². The third-order valence-electron chi connectivity index (χ3n) is 2.49. The summed E-state index contributed by atoms with van der Waals surface area (Å²) in [6.45, 7) is 1.73. The van der Waals surface area contributed by atoms with Gasteiger partial charge in [0, 0.05) is 18.3 Å². The van der Waals surface area contributed by atoms with E-state index in [-0.39, 0.29) is 15.6 Å². The molecule has 17 heavy (non-hydrogen) atoms. The number of aromatic nitrogens is 2. The van der Waals surface area contributed by atoms with Crippen molar-refractivity contribution >= 4 is 23.2 Å². The smallest absolute Gasteiger partial charge is 0.274 e. The molecule has 6 heteroatoms. The molecule has 1 aromatic heterocycles. The SMILES string of the molecule is Cc1[nH]n(C)c(=O)c1-c1c(Cl)cc(F)cc1Cl. The van der Waals surface area contributed by atoms with E-state index in [2.05, 4.69) is 5.10 Å². The number of hydrogen-bond donors (Lipinski definition) is 1. The van der Waals surface area contributed by atoms with Crippen molar-refractivity contribution in [2.24, 2.45) is 7.05 Å². The molecule has 0 unspecified atom stereocenters. The zero-order valence-electron chi connectivity index (χ0n) is 9.14. The van der Waals surface area contributed by atoms with Gasteiger partial charge in [-0.05, 0) is 19.1 Å². The summed E-state index contributed by atoms with van der Waals surface area (Å²) in [6.07, 6.45) is 0. The number of nitrogens with one attached hydrogen (secondary N) is 1. The van der Waals surface area contributed by atoms with Crippen LogP contribution in [0.4, 0.5) is 4.39 Å². The van der Waals surface area contributed by atoms with Gasteiger partial charge < -0.3 is 0 Å². The van der Waals surface area contributed by atoms with Crippen molar-refractivity contribution in [3.8, 4) is 11.1 Å². The maximum atomic E-state index is 13.1. The Bertz CT molecular complexity index is 622. The standard InChI is InChI=1S/C11H9Cl2FN2O/c1-5-9(11(17)16(2)15-5)10-7(12)3-6(14)4-8(10)13/h3-4,15H,1-2H3. The first-order valence-electron chi connectivity index (χ1n) is 4.82. The number of halogens is 3. The van der Waals surface area contributed by atoms with Crippen molar-refractivity contribution in [2.75, 3.05) is 0 Å². The third kappa shape index (κ3) is 1.98. The summed E-state index contributed by atoms with van der Waals surface area (Å²) in [7, 11) is 1.59. The second-order valence-electron chi connectivity index (χ2n) is 3.72. The Morgan fingerprint density at radius 3 is 2.18 bits per heavy atom. The van der Waals surface area contributed by atoms with Crippen molar-refractivity contribution < 1.29 is 4.39 Å². The lowest BCUT2D eigenvalue weighted by Crippen LogP contribution is -2.13. The number of rotatable bonds is 1. The lowest BCUT2D eigenvalue weighted by Gasteiger charge is -2.05. The topological polar surface area (TPSA) is 37.8 Å². The van der Waals surface area contributed by atoms with E-state index >= 15 is 0 Å². The molecule has 0 saturated heterocycles. The summed E-state index contributed by atoms with van der Waals surface area (Å²) >= 11 is 11.9. The van der Waals surface area contributed by atoms with Gasteiger partial charge in [0.2, 0.25) is 0 Å². The third-order valence-corrected chi connectivity index (χ3v) is 3.08. The minimum absolute atomic E-state index is 0.120. The van der Waals surface area contributed by atoms with Gasteiger partial charge in [-0.3, -0.25) is 14.6 Å². The molecule has 0 aliphatic carbocycles. The van der Waals surface area contributed by atoms with E-state index < -0.39 is 5.82 Å². The van der Waals surface area contributed by atoms with Crippen LogP contribution in [0, 0.1) is 12.7 Å². The van der Waals surface area contributed by atoms with Gasteiger partial charge in [0.05, 0.1) is 15.6 Å². The second-order valence-corrected chi connectivity index (χ2v) is 4.53. The van der Waals surface area contributed by atoms with E-state index in [1.54, 1.807) is 14.0 Å². The highest BCUT2D eigenvalue weighted by molar-refractivity contribution is 6.39. The van der Waals surface area contributed by atoms with Crippen molar-refractivity contribution in [3.63, 3.8) is 0 Å². The van der Waals surface area contributed by atoms with Crippen LogP contribution in [0.25, 0.3) is 11.1 Å². The Hall–Kier alpha value is -1.26. The predicted molar refractivity (Wildman–Crippen MR) is 66.2 cm³/mol. The Morgan fingerprint density at radius 1 is 1.24 bits per heavy atom. The highest BCUT2D eigenvalue weighted by Gasteiger charge is 2.18. The molecule has 0 aliphatic heterocycles. The van der Waals surface area contributed by atoms with Crippen LogP contribution in [-0.2, 0) is 7.05 Å². The van der Waals surface area contributed by atoms with Gasteiger partial charge in [-0.1, -0.05) is 23.2 Å². The summed E-state index contributed by atoms with van der Waals surface area (Å²) in [4.78, 5) is 11.9. The van der Waals surface area contributed by atoms with Crippen molar-refractivity contribution in [1.82, 2.24) is 9.78 Å². The number of aromatic amines is 1. The fraction of sp³-hybridized carbons (Fsp3) is 0.182. The summed E-state index contributed by atoms with van der Waals surface area (Å²) < 4.78 is 14.4. The summed E-state index contributed by atoms with van der Waals surface area (Å²) in [5.41, 5.74) is 1.10. The maximum Gasteiger partial charge on any atom is 0.274 e. The molecule has 1 N–H and O–H groups in total. The number of aryl methyl sites for hydroxylation is 2. The molecule has 2 rings (SSSR count). The number of H-pyrrole nitrogens is 1. The average Bonchev–Trinajstić information content (AvgIpc) is 2.43. The van der Waals surface area contributed by atoms with Gasteiger partial charge in [0.25, 0.3) is 5.56 Å². The lowest BCUT2D eigenvalue weighted by atomic mass is 10.1. The van der Waals surface area contributed by atoms with Gasteiger partial charge >= 0.3 is 0 Å². The Balaban J connectivity index is 2.82. The van der Waals surface area contributed by atoms with Gasteiger partial charge in [-0.2, -0.15) is 0 Å². The van der Waals surface area contributed by atoms with Crippen LogP contribution in [0.2, 0.25) is 10.0 Å². The summed E-state index contributed by atoms with van der Waals surface area (Å²) in [6, 6.07) is 2.27. The van der Waals surface area contributed by atoms with E-state index in [0.29, 0.717) is 16.8 Å². The highest BCUT2D eigenvalue weighted by atomic mass is 35.5. The van der Waals surface area contributed by atoms with Crippen LogP contribution in [-0.4, -0.2) is 9.78 Å². The van der Waals surface area contributed by atoms with E-state index in [1.165, 1.54) is 4.68 Å². The average molecular weight is 275 g/mol. The highest BCUT2D eigenvalue weighted by Crippen LogP contribution is 2.34. The van der Waals surface area contributed by atoms with Crippen LogP contribution in [0.1, 0.15) is 5.69 Å². The molecule has 0 amide bonds. The van der Waals surface area contributed by atoms with E-state index in [4.69, 9.17) is 23.2 Å². The molecule has 0 saturated carbocycles. The quantitative estimate of drug-likeness (QED) is 0.853. The Morgan fingerprint density at radius 2 is 1.76 bits per heavy atom. The van der Waals surface area contributed by atoms with Crippen LogP contribution in [0.5, 0.6) is 0 Å². The lowest BCUT2D eigenvalue weighted by molar-refractivity contribution is 0.628. The van der Waals surface area contributed by atoms with Crippen molar-refractivity contribution in [1.29, 1.82) is 0 Å². The van der Waals surface area contributed by atoms with Crippen molar-refractivity contribution in [2.45, 2.75) is 6.92 Å². The van der Waals surface area contributed by atoms with E-state index in [0.717, 1.165) is 12.1 Å². The normalized spacial score (nSPS) is 10.9. The molecule has 1 aromatic carbocycles. The molecule has 0 fully saturated rings. The second kappa shape index (κ2) is 4.20. The largest absolute Gasteiger partial charge is 0.300 e. The first kappa shape index (κ1) is 12.2. The van der Waals surface area contributed by atoms with Crippen LogP contribution in [0.15, 0.2) is 16.9 Å². The van der Waals surface area contributed by atoms with Gasteiger partial charge in [0.15, 0.2) is 0 Å². The number of benzene rings is 1. The first-order valence-corrected chi connectivity index (χ1v) is 5.58. The Labute approximate surface area is 107 Å².